The Hall–Kier alpha value is -3.28. The number of benzene rings is 2. The number of aromatic nitrogens is 2. The van der Waals surface area contributed by atoms with Gasteiger partial charge in [-0.05, 0) is 42.7 Å². The van der Waals surface area contributed by atoms with Crippen molar-refractivity contribution in [2.24, 2.45) is 0 Å². The van der Waals surface area contributed by atoms with Crippen molar-refractivity contribution >= 4 is 11.6 Å². The van der Waals surface area contributed by atoms with Gasteiger partial charge in [0.05, 0.1) is 17.3 Å². The molecule has 0 bridgehead atoms. The van der Waals surface area contributed by atoms with Gasteiger partial charge in [0.2, 0.25) is 0 Å². The third-order valence-electron chi connectivity index (χ3n) is 4.56. The Balaban J connectivity index is 1.83. The maximum absolute atomic E-state index is 13.3. The number of nitrogens with zero attached hydrogens (tertiary/aromatic N) is 2. The van der Waals surface area contributed by atoms with Crippen LogP contribution in [-0.2, 0) is 6.42 Å². The maximum Gasteiger partial charge on any atom is 0.262 e. The first-order valence-corrected chi connectivity index (χ1v) is 8.08. The molecule has 2 heterocycles. The normalized spacial score (nSPS) is 16.5. The fraction of sp³-hybridized carbons (Fsp3) is 0.158. The van der Waals surface area contributed by atoms with Crippen LogP contribution in [0.2, 0.25) is 0 Å². The molecule has 6 heteroatoms. The van der Waals surface area contributed by atoms with Crippen LogP contribution in [0.15, 0.2) is 54.7 Å². The number of amides is 1. The highest BCUT2D eigenvalue weighted by Crippen LogP contribution is 2.39. The van der Waals surface area contributed by atoms with Crippen molar-refractivity contribution in [2.75, 3.05) is 4.90 Å². The smallest absolute Gasteiger partial charge is 0.262 e. The lowest BCUT2D eigenvalue weighted by molar-refractivity contribution is 0.0969. The van der Waals surface area contributed by atoms with E-state index in [1.54, 1.807) is 11.1 Å². The van der Waals surface area contributed by atoms with E-state index in [-0.39, 0.29) is 29.0 Å². The molecule has 1 aliphatic rings. The molecule has 1 aliphatic heterocycles. The molecule has 0 aliphatic carbocycles. The summed E-state index contributed by atoms with van der Waals surface area (Å²) in [6, 6.07) is 13.4. The van der Waals surface area contributed by atoms with Crippen LogP contribution < -0.4 is 4.90 Å². The molecular weight excluding hydrogens is 318 g/mol. The summed E-state index contributed by atoms with van der Waals surface area (Å²) in [4.78, 5) is 14.9. The summed E-state index contributed by atoms with van der Waals surface area (Å²) in [6.07, 6.45) is 3.27. The molecule has 4 rings (SSSR count). The lowest BCUT2D eigenvalue weighted by Crippen LogP contribution is -2.38. The molecule has 2 aromatic carbocycles. The molecule has 1 amide bonds. The lowest BCUT2D eigenvalue weighted by Gasteiger charge is -2.36. The number of anilines is 1. The van der Waals surface area contributed by atoms with Gasteiger partial charge in [-0.25, -0.2) is 0 Å². The SMILES string of the molecule is O=C(c1ccc(O)cc1O)N1c2ccccc2CCC1c1ccn[nH]1. The number of phenols is 2. The van der Waals surface area contributed by atoms with Gasteiger partial charge in [0.15, 0.2) is 0 Å². The number of para-hydroxylation sites is 1. The van der Waals surface area contributed by atoms with Crippen molar-refractivity contribution in [1.82, 2.24) is 10.2 Å². The predicted molar refractivity (Wildman–Crippen MR) is 92.7 cm³/mol. The van der Waals surface area contributed by atoms with E-state index in [9.17, 15) is 15.0 Å². The second-order valence-corrected chi connectivity index (χ2v) is 6.07. The Labute approximate surface area is 144 Å². The van der Waals surface area contributed by atoms with Gasteiger partial charge < -0.3 is 10.2 Å². The quantitative estimate of drug-likeness (QED) is 0.671. The van der Waals surface area contributed by atoms with Gasteiger partial charge in [-0.3, -0.25) is 14.8 Å². The molecule has 0 radical (unpaired) electrons. The number of aromatic hydroxyl groups is 2. The molecule has 0 saturated carbocycles. The van der Waals surface area contributed by atoms with Crippen LogP contribution in [0.25, 0.3) is 0 Å². The molecule has 3 aromatic rings. The molecule has 1 unspecified atom stereocenters. The Kier molecular flexibility index (Phi) is 3.65. The second-order valence-electron chi connectivity index (χ2n) is 6.07. The number of nitrogens with one attached hydrogen (secondary N) is 1. The van der Waals surface area contributed by atoms with E-state index in [1.165, 1.54) is 18.2 Å². The predicted octanol–water partition coefficient (Wildman–Crippen LogP) is 3.16. The number of H-pyrrole nitrogens is 1. The number of aryl methyl sites for hydroxylation is 1. The minimum atomic E-state index is -0.316. The molecule has 0 spiro atoms. The molecule has 0 saturated heterocycles. The fourth-order valence-electron chi connectivity index (χ4n) is 3.37. The van der Waals surface area contributed by atoms with E-state index in [2.05, 4.69) is 10.2 Å². The Bertz CT molecular complexity index is 921. The fourth-order valence-corrected chi connectivity index (χ4v) is 3.37. The van der Waals surface area contributed by atoms with E-state index in [0.29, 0.717) is 0 Å². The van der Waals surface area contributed by atoms with Gasteiger partial charge in [0.1, 0.15) is 11.5 Å². The number of phenolic OH excluding ortho intramolecular Hbond substituents is 2. The average molecular weight is 335 g/mol. The summed E-state index contributed by atoms with van der Waals surface area (Å²) in [6.45, 7) is 0. The van der Waals surface area contributed by atoms with E-state index < -0.39 is 0 Å². The first kappa shape index (κ1) is 15.3. The van der Waals surface area contributed by atoms with Crippen LogP contribution in [0.1, 0.15) is 34.1 Å². The van der Waals surface area contributed by atoms with Gasteiger partial charge in [-0.1, -0.05) is 18.2 Å². The number of rotatable bonds is 2. The monoisotopic (exact) mass is 335 g/mol. The minimum absolute atomic E-state index is 0.0850. The number of aromatic amines is 1. The summed E-state index contributed by atoms with van der Waals surface area (Å²) in [5.41, 5.74) is 2.91. The third kappa shape index (κ3) is 2.61. The highest BCUT2D eigenvalue weighted by molar-refractivity contribution is 6.09. The molecule has 126 valence electrons. The van der Waals surface area contributed by atoms with Crippen LogP contribution in [0.3, 0.4) is 0 Å². The maximum atomic E-state index is 13.3. The van der Waals surface area contributed by atoms with Crippen LogP contribution >= 0.6 is 0 Å². The second kappa shape index (κ2) is 5.98. The molecule has 25 heavy (non-hydrogen) atoms. The summed E-state index contributed by atoms with van der Waals surface area (Å²) >= 11 is 0. The van der Waals surface area contributed by atoms with Gasteiger partial charge in [0, 0.05) is 18.0 Å². The molecule has 0 fully saturated rings. The van der Waals surface area contributed by atoms with Gasteiger partial charge in [0.25, 0.3) is 5.91 Å². The first-order valence-electron chi connectivity index (χ1n) is 8.08. The lowest BCUT2D eigenvalue weighted by atomic mass is 9.93. The molecule has 1 atom stereocenters. The van der Waals surface area contributed by atoms with E-state index in [1.807, 2.05) is 30.3 Å². The average Bonchev–Trinajstić information content (AvgIpc) is 3.14. The number of carbonyl (C=O) groups is 1. The van der Waals surface area contributed by atoms with Crippen molar-refractivity contribution in [2.45, 2.75) is 18.9 Å². The number of hydrogen-bond acceptors (Lipinski definition) is 4. The summed E-state index contributed by atoms with van der Waals surface area (Å²) < 4.78 is 0. The van der Waals surface area contributed by atoms with Crippen LogP contribution in [-0.4, -0.2) is 26.3 Å². The van der Waals surface area contributed by atoms with E-state index in [0.717, 1.165) is 29.8 Å². The van der Waals surface area contributed by atoms with E-state index >= 15 is 0 Å². The Morgan fingerprint density at radius 3 is 2.76 bits per heavy atom. The number of carbonyl (C=O) groups excluding carboxylic acids is 1. The van der Waals surface area contributed by atoms with Crippen molar-refractivity contribution in [1.29, 1.82) is 0 Å². The Morgan fingerprint density at radius 1 is 1.16 bits per heavy atom. The standard InChI is InChI=1S/C19H17N3O3/c23-13-6-7-14(18(24)11-13)19(25)22-16-4-2-1-3-12(16)5-8-17(22)15-9-10-20-21-15/h1-4,6-7,9-11,17,23-24H,5,8H2,(H,20,21). The van der Waals surface area contributed by atoms with Crippen molar-refractivity contribution in [3.8, 4) is 11.5 Å². The summed E-state index contributed by atoms with van der Waals surface area (Å²) in [7, 11) is 0. The van der Waals surface area contributed by atoms with Crippen molar-refractivity contribution in [3.05, 3.63) is 71.5 Å². The first-order chi connectivity index (χ1) is 12.1. The minimum Gasteiger partial charge on any atom is -0.508 e. The number of hydrogen-bond donors (Lipinski definition) is 3. The molecular formula is C19H17N3O3. The zero-order chi connectivity index (χ0) is 17.4. The molecule has 6 nitrogen and oxygen atoms in total. The van der Waals surface area contributed by atoms with Gasteiger partial charge >= 0.3 is 0 Å². The van der Waals surface area contributed by atoms with Crippen LogP contribution in [0.4, 0.5) is 5.69 Å². The number of fused-ring (bicyclic) bond motifs is 1. The molecule has 3 N–H and O–H groups in total. The zero-order valence-electron chi connectivity index (χ0n) is 13.4. The highest BCUT2D eigenvalue weighted by Gasteiger charge is 2.34. The van der Waals surface area contributed by atoms with E-state index in [4.69, 9.17) is 0 Å². The van der Waals surface area contributed by atoms with Gasteiger partial charge in [-0.15, -0.1) is 0 Å². The molecule has 1 aromatic heterocycles. The summed E-state index contributed by atoms with van der Waals surface area (Å²) in [5, 5.41) is 26.6. The third-order valence-corrected chi connectivity index (χ3v) is 4.56. The Morgan fingerprint density at radius 2 is 2.00 bits per heavy atom. The largest absolute Gasteiger partial charge is 0.508 e. The van der Waals surface area contributed by atoms with Crippen molar-refractivity contribution in [3.63, 3.8) is 0 Å². The van der Waals surface area contributed by atoms with Gasteiger partial charge in [-0.2, -0.15) is 5.10 Å². The topological polar surface area (TPSA) is 89.4 Å². The van der Waals surface area contributed by atoms with Crippen LogP contribution in [0.5, 0.6) is 11.5 Å². The van der Waals surface area contributed by atoms with Crippen LogP contribution in [0, 0.1) is 0 Å². The summed E-state index contributed by atoms with van der Waals surface area (Å²) in [5.74, 6) is -0.640. The zero-order valence-corrected chi connectivity index (χ0v) is 13.4. The highest BCUT2D eigenvalue weighted by atomic mass is 16.3. The van der Waals surface area contributed by atoms with Crippen molar-refractivity contribution < 1.29 is 15.0 Å².